The lowest BCUT2D eigenvalue weighted by atomic mass is 10.1. The van der Waals surface area contributed by atoms with Crippen LogP contribution in [0.25, 0.3) is 0 Å². The fourth-order valence-corrected chi connectivity index (χ4v) is 2.02. The number of hydrogen-bond donors (Lipinski definition) is 1. The summed E-state index contributed by atoms with van der Waals surface area (Å²) in [4.78, 5) is 11.5. The zero-order valence-electron chi connectivity index (χ0n) is 9.39. The molecule has 1 aromatic rings. The van der Waals surface area contributed by atoms with Gasteiger partial charge in [0.15, 0.2) is 0 Å². The largest absolute Gasteiger partial charge is 0.396 e. The highest BCUT2D eigenvalue weighted by molar-refractivity contribution is 5.81. The van der Waals surface area contributed by atoms with E-state index in [4.69, 9.17) is 5.11 Å². The van der Waals surface area contributed by atoms with E-state index in [0.717, 1.165) is 17.8 Å². The fourth-order valence-electron chi connectivity index (χ4n) is 2.02. The van der Waals surface area contributed by atoms with Gasteiger partial charge in [0.25, 0.3) is 0 Å². The van der Waals surface area contributed by atoms with Gasteiger partial charge in [-0.25, -0.2) is 0 Å². The van der Waals surface area contributed by atoms with Crippen molar-refractivity contribution in [2.75, 3.05) is 25.2 Å². The molecule has 0 spiro atoms. The first kappa shape index (κ1) is 11.0. The first-order chi connectivity index (χ1) is 7.74. The predicted octanol–water partition coefficient (Wildman–Crippen LogP) is 0.805. The SMILES string of the molecule is CN1C(=O)CCN1c1ccccc1CCO. The monoisotopic (exact) mass is 220 g/mol. The van der Waals surface area contributed by atoms with E-state index >= 15 is 0 Å². The van der Waals surface area contributed by atoms with Crippen LogP contribution in [0.15, 0.2) is 24.3 Å². The zero-order valence-corrected chi connectivity index (χ0v) is 9.39. The van der Waals surface area contributed by atoms with E-state index in [1.807, 2.05) is 29.3 Å². The van der Waals surface area contributed by atoms with Crippen LogP contribution >= 0.6 is 0 Å². The molecule has 0 aromatic heterocycles. The molecule has 0 radical (unpaired) electrons. The average Bonchev–Trinajstić information content (AvgIpc) is 2.61. The van der Waals surface area contributed by atoms with Crippen LogP contribution in [0.4, 0.5) is 5.69 Å². The molecule has 0 unspecified atom stereocenters. The zero-order chi connectivity index (χ0) is 11.5. The topological polar surface area (TPSA) is 43.8 Å². The average molecular weight is 220 g/mol. The molecule has 1 aliphatic heterocycles. The molecule has 1 N–H and O–H groups in total. The third-order valence-electron chi connectivity index (χ3n) is 2.91. The number of nitrogens with zero attached hydrogens (tertiary/aromatic N) is 2. The Balaban J connectivity index is 2.29. The molecule has 0 bridgehead atoms. The number of carbonyl (C=O) groups excluding carboxylic acids is 1. The predicted molar refractivity (Wildman–Crippen MR) is 62.0 cm³/mol. The van der Waals surface area contributed by atoms with Crippen molar-refractivity contribution in [3.8, 4) is 0 Å². The Bertz CT molecular complexity index is 392. The van der Waals surface area contributed by atoms with Crippen molar-refractivity contribution < 1.29 is 9.90 Å². The molecule has 1 amide bonds. The molecule has 1 heterocycles. The highest BCUT2D eigenvalue weighted by Crippen LogP contribution is 2.25. The van der Waals surface area contributed by atoms with Crippen LogP contribution in [0, 0.1) is 0 Å². The van der Waals surface area contributed by atoms with Crippen LogP contribution in [0.1, 0.15) is 12.0 Å². The van der Waals surface area contributed by atoms with E-state index in [1.54, 1.807) is 12.1 Å². The van der Waals surface area contributed by atoms with Crippen LogP contribution in [0.3, 0.4) is 0 Å². The van der Waals surface area contributed by atoms with Gasteiger partial charge in [-0.1, -0.05) is 18.2 Å². The van der Waals surface area contributed by atoms with Gasteiger partial charge in [0, 0.05) is 26.6 Å². The van der Waals surface area contributed by atoms with Crippen molar-refractivity contribution >= 4 is 11.6 Å². The van der Waals surface area contributed by atoms with Crippen LogP contribution < -0.4 is 5.01 Å². The number of rotatable bonds is 3. The molecule has 16 heavy (non-hydrogen) atoms. The van der Waals surface area contributed by atoms with E-state index in [1.165, 1.54) is 0 Å². The number of hydrazine groups is 1. The molecule has 0 saturated carbocycles. The van der Waals surface area contributed by atoms with Gasteiger partial charge in [-0.2, -0.15) is 0 Å². The quantitative estimate of drug-likeness (QED) is 0.819. The lowest BCUT2D eigenvalue weighted by Crippen LogP contribution is -2.36. The van der Waals surface area contributed by atoms with Crippen molar-refractivity contribution in [3.05, 3.63) is 29.8 Å². The molecule has 1 fully saturated rings. The maximum absolute atomic E-state index is 11.5. The first-order valence-corrected chi connectivity index (χ1v) is 5.47. The Morgan fingerprint density at radius 3 is 2.75 bits per heavy atom. The van der Waals surface area contributed by atoms with Gasteiger partial charge < -0.3 is 5.11 Å². The summed E-state index contributed by atoms with van der Waals surface area (Å²) in [5, 5.41) is 12.6. The number of benzene rings is 1. The van der Waals surface area contributed by atoms with Crippen LogP contribution in [0.2, 0.25) is 0 Å². The Morgan fingerprint density at radius 2 is 2.12 bits per heavy atom. The first-order valence-electron chi connectivity index (χ1n) is 5.47. The molecule has 4 nitrogen and oxygen atoms in total. The molecule has 4 heteroatoms. The van der Waals surface area contributed by atoms with Crippen molar-refractivity contribution in [2.24, 2.45) is 0 Å². The number of para-hydroxylation sites is 1. The summed E-state index contributed by atoms with van der Waals surface area (Å²) in [6.45, 7) is 0.848. The molecule has 0 atom stereocenters. The number of amides is 1. The summed E-state index contributed by atoms with van der Waals surface area (Å²) in [5.41, 5.74) is 2.09. The fraction of sp³-hybridized carbons (Fsp3) is 0.417. The number of aliphatic hydroxyl groups excluding tert-OH is 1. The Hall–Kier alpha value is -1.55. The third kappa shape index (κ3) is 1.88. The maximum atomic E-state index is 11.5. The minimum atomic E-state index is 0.127. The molecule has 2 rings (SSSR count). The molecule has 1 aliphatic rings. The van der Waals surface area contributed by atoms with Gasteiger partial charge in [-0.3, -0.25) is 14.8 Å². The molecular weight excluding hydrogens is 204 g/mol. The van der Waals surface area contributed by atoms with E-state index in [0.29, 0.717) is 12.8 Å². The van der Waals surface area contributed by atoms with Gasteiger partial charge in [0.2, 0.25) is 5.91 Å². The van der Waals surface area contributed by atoms with E-state index in [2.05, 4.69) is 0 Å². The highest BCUT2D eigenvalue weighted by atomic mass is 16.3. The standard InChI is InChI=1S/C12H16N2O2/c1-13-12(16)6-8-14(13)11-5-3-2-4-10(11)7-9-15/h2-5,15H,6-9H2,1H3. The van der Waals surface area contributed by atoms with Crippen LogP contribution in [-0.2, 0) is 11.2 Å². The van der Waals surface area contributed by atoms with E-state index in [9.17, 15) is 4.79 Å². The van der Waals surface area contributed by atoms with Gasteiger partial charge >= 0.3 is 0 Å². The maximum Gasteiger partial charge on any atom is 0.242 e. The number of aliphatic hydroxyl groups is 1. The van der Waals surface area contributed by atoms with Gasteiger partial charge in [-0.05, 0) is 18.1 Å². The Morgan fingerprint density at radius 1 is 1.38 bits per heavy atom. The Kier molecular flexibility index (Phi) is 3.10. The van der Waals surface area contributed by atoms with E-state index < -0.39 is 0 Å². The van der Waals surface area contributed by atoms with Gasteiger partial charge in [-0.15, -0.1) is 0 Å². The second-order valence-corrected chi connectivity index (χ2v) is 3.89. The van der Waals surface area contributed by atoms with Gasteiger partial charge in [0.1, 0.15) is 0 Å². The van der Waals surface area contributed by atoms with Crippen molar-refractivity contribution in [1.29, 1.82) is 0 Å². The van der Waals surface area contributed by atoms with Crippen molar-refractivity contribution in [3.63, 3.8) is 0 Å². The lowest BCUT2D eigenvalue weighted by Gasteiger charge is -2.28. The minimum Gasteiger partial charge on any atom is -0.396 e. The molecule has 1 aromatic carbocycles. The van der Waals surface area contributed by atoms with Crippen LogP contribution in [-0.4, -0.2) is 36.2 Å². The second kappa shape index (κ2) is 4.53. The lowest BCUT2D eigenvalue weighted by molar-refractivity contribution is -0.126. The smallest absolute Gasteiger partial charge is 0.242 e. The summed E-state index contributed by atoms with van der Waals surface area (Å²) < 4.78 is 0. The number of hydrogen-bond acceptors (Lipinski definition) is 3. The van der Waals surface area contributed by atoms with Crippen LogP contribution in [0.5, 0.6) is 0 Å². The number of carbonyl (C=O) groups is 1. The van der Waals surface area contributed by atoms with Crippen molar-refractivity contribution in [2.45, 2.75) is 12.8 Å². The highest BCUT2D eigenvalue weighted by Gasteiger charge is 2.26. The number of anilines is 1. The molecule has 0 aliphatic carbocycles. The van der Waals surface area contributed by atoms with E-state index in [-0.39, 0.29) is 12.5 Å². The summed E-state index contributed by atoms with van der Waals surface area (Å²) in [6.07, 6.45) is 1.18. The molecule has 1 saturated heterocycles. The summed E-state index contributed by atoms with van der Waals surface area (Å²) >= 11 is 0. The summed E-state index contributed by atoms with van der Waals surface area (Å²) in [6, 6.07) is 7.88. The normalized spacial score (nSPS) is 16.0. The minimum absolute atomic E-state index is 0.127. The van der Waals surface area contributed by atoms with Crippen molar-refractivity contribution in [1.82, 2.24) is 5.01 Å². The third-order valence-corrected chi connectivity index (χ3v) is 2.91. The summed E-state index contributed by atoms with van der Waals surface area (Å²) in [5.74, 6) is 0.138. The molecular formula is C12H16N2O2. The Labute approximate surface area is 95.1 Å². The summed E-state index contributed by atoms with van der Waals surface area (Å²) in [7, 11) is 1.78. The van der Waals surface area contributed by atoms with Gasteiger partial charge in [0.05, 0.1) is 5.69 Å². The second-order valence-electron chi connectivity index (χ2n) is 3.89. The molecule has 86 valence electrons.